The predicted molar refractivity (Wildman–Crippen MR) is 71.4 cm³/mol. The Morgan fingerprint density at radius 2 is 2.24 bits per heavy atom. The van der Waals surface area contributed by atoms with Crippen LogP contribution in [0.1, 0.15) is 36.7 Å². The van der Waals surface area contributed by atoms with Crippen LogP contribution in [0.5, 0.6) is 0 Å². The second-order valence-electron chi connectivity index (χ2n) is 4.23. The molecular weight excluding hydrogens is 232 g/mol. The number of hydrogen-bond acceptors (Lipinski definition) is 4. The second-order valence-corrected chi connectivity index (χ2v) is 5.43. The summed E-state index contributed by atoms with van der Waals surface area (Å²) in [5, 5.41) is 8.85. The highest BCUT2D eigenvalue weighted by Crippen LogP contribution is 2.16. The first-order valence-electron chi connectivity index (χ1n) is 5.90. The first kappa shape index (κ1) is 12.1. The van der Waals surface area contributed by atoms with Crippen LogP contribution in [0, 0.1) is 0 Å². The highest BCUT2D eigenvalue weighted by atomic mass is 32.1. The summed E-state index contributed by atoms with van der Waals surface area (Å²) in [6.45, 7) is 7.19. The quantitative estimate of drug-likeness (QED) is 0.886. The monoisotopic (exact) mass is 250 g/mol. The van der Waals surface area contributed by atoms with Crippen LogP contribution in [-0.2, 0) is 13.0 Å². The molecule has 0 saturated carbocycles. The van der Waals surface area contributed by atoms with Gasteiger partial charge in [0.15, 0.2) is 0 Å². The Hall–Kier alpha value is -1.36. The number of nitrogens with zero attached hydrogens (tertiary/aromatic N) is 3. The van der Waals surface area contributed by atoms with Crippen molar-refractivity contribution < 1.29 is 0 Å². The first-order valence-corrected chi connectivity index (χ1v) is 6.72. The van der Waals surface area contributed by atoms with Crippen LogP contribution in [0.2, 0.25) is 0 Å². The molecular formula is C12H18N4S. The van der Waals surface area contributed by atoms with Gasteiger partial charge in [-0.1, -0.05) is 6.92 Å². The lowest BCUT2D eigenvalue weighted by Crippen LogP contribution is -2.00. The molecule has 0 atom stereocenters. The van der Waals surface area contributed by atoms with Crippen molar-refractivity contribution in [1.29, 1.82) is 0 Å². The molecule has 0 aliphatic rings. The Morgan fingerprint density at radius 3 is 2.82 bits per heavy atom. The summed E-state index contributed by atoms with van der Waals surface area (Å²) in [6.07, 6.45) is 6.85. The van der Waals surface area contributed by atoms with Crippen LogP contribution in [-0.4, -0.2) is 14.8 Å². The molecule has 92 valence electrons. The number of aryl methyl sites for hydroxylation is 1. The molecule has 0 spiro atoms. The second kappa shape index (κ2) is 5.31. The molecule has 0 aromatic carbocycles. The fraction of sp³-hybridized carbons (Fsp3) is 0.500. The van der Waals surface area contributed by atoms with E-state index >= 15 is 0 Å². The van der Waals surface area contributed by atoms with Crippen LogP contribution < -0.4 is 5.32 Å². The summed E-state index contributed by atoms with van der Waals surface area (Å²) in [4.78, 5) is 5.60. The number of anilines is 1. The molecule has 0 unspecified atom stereocenters. The Labute approximate surface area is 106 Å². The lowest BCUT2D eigenvalue weighted by Gasteiger charge is -2.03. The highest BCUT2D eigenvalue weighted by Gasteiger charge is 2.03. The van der Waals surface area contributed by atoms with Gasteiger partial charge in [0.2, 0.25) is 0 Å². The Balaban J connectivity index is 1.92. The van der Waals surface area contributed by atoms with Crippen molar-refractivity contribution in [1.82, 2.24) is 14.8 Å². The van der Waals surface area contributed by atoms with Crippen molar-refractivity contribution in [3.63, 3.8) is 0 Å². The van der Waals surface area contributed by atoms with Crippen molar-refractivity contribution in [2.24, 2.45) is 0 Å². The number of hydrogen-bond donors (Lipinski definition) is 1. The third-order valence-corrected chi connectivity index (χ3v) is 3.64. The third-order valence-electron chi connectivity index (χ3n) is 2.50. The largest absolute Gasteiger partial charge is 0.378 e. The maximum absolute atomic E-state index is 4.34. The zero-order chi connectivity index (χ0) is 12.3. The molecule has 0 radical (unpaired) electrons. The van der Waals surface area contributed by atoms with Crippen molar-refractivity contribution in [2.75, 3.05) is 5.32 Å². The Kier molecular flexibility index (Phi) is 3.78. The van der Waals surface area contributed by atoms with Crippen LogP contribution >= 0.6 is 11.3 Å². The fourth-order valence-corrected chi connectivity index (χ4v) is 2.30. The summed E-state index contributed by atoms with van der Waals surface area (Å²) in [7, 11) is 0. The lowest BCUT2D eigenvalue weighted by atomic mass is 10.4. The van der Waals surface area contributed by atoms with E-state index in [0.29, 0.717) is 6.04 Å². The molecule has 0 amide bonds. The Bertz CT molecular complexity index is 472. The van der Waals surface area contributed by atoms with Crippen LogP contribution in [0.3, 0.4) is 0 Å². The van der Waals surface area contributed by atoms with Gasteiger partial charge in [0, 0.05) is 23.3 Å². The van der Waals surface area contributed by atoms with Gasteiger partial charge in [-0.25, -0.2) is 4.98 Å². The normalized spacial score (nSPS) is 11.1. The Morgan fingerprint density at radius 1 is 1.41 bits per heavy atom. The van der Waals surface area contributed by atoms with E-state index in [2.05, 4.69) is 36.2 Å². The van der Waals surface area contributed by atoms with Gasteiger partial charge in [-0.05, 0) is 20.3 Å². The minimum atomic E-state index is 0.403. The smallest absolute Gasteiger partial charge is 0.0925 e. The minimum absolute atomic E-state index is 0.403. The van der Waals surface area contributed by atoms with Crippen molar-refractivity contribution in [3.05, 3.63) is 28.5 Å². The summed E-state index contributed by atoms with van der Waals surface area (Å²) in [5.41, 5.74) is 1.06. The molecule has 4 nitrogen and oxygen atoms in total. The average molecular weight is 250 g/mol. The van der Waals surface area contributed by atoms with Gasteiger partial charge >= 0.3 is 0 Å². The van der Waals surface area contributed by atoms with Gasteiger partial charge in [0.1, 0.15) is 0 Å². The summed E-state index contributed by atoms with van der Waals surface area (Å²) < 4.78 is 1.95. The third kappa shape index (κ3) is 3.06. The maximum atomic E-state index is 4.34. The molecule has 0 aliphatic carbocycles. The molecule has 0 saturated heterocycles. The number of rotatable bonds is 5. The van der Waals surface area contributed by atoms with Gasteiger partial charge in [-0.2, -0.15) is 5.10 Å². The predicted octanol–water partition coefficient (Wildman–Crippen LogP) is 3.10. The van der Waals surface area contributed by atoms with E-state index in [-0.39, 0.29) is 0 Å². The molecule has 17 heavy (non-hydrogen) atoms. The van der Waals surface area contributed by atoms with Gasteiger partial charge in [0.25, 0.3) is 0 Å². The van der Waals surface area contributed by atoms with E-state index in [1.807, 2.05) is 23.3 Å². The molecule has 2 heterocycles. The first-order chi connectivity index (χ1) is 8.19. The number of thiazole rings is 1. The fourth-order valence-electron chi connectivity index (χ4n) is 1.49. The maximum Gasteiger partial charge on any atom is 0.0925 e. The van der Waals surface area contributed by atoms with E-state index in [1.165, 1.54) is 9.88 Å². The van der Waals surface area contributed by atoms with Gasteiger partial charge in [0.05, 0.1) is 23.4 Å². The average Bonchev–Trinajstić information content (AvgIpc) is 2.95. The molecule has 1 N–H and O–H groups in total. The lowest BCUT2D eigenvalue weighted by molar-refractivity contribution is 0.532. The minimum Gasteiger partial charge on any atom is -0.378 e. The number of aromatic nitrogens is 3. The topological polar surface area (TPSA) is 42.7 Å². The molecule has 0 bridgehead atoms. The standard InChI is InChI=1S/C12H18N4S/c1-4-12-14-7-11(17-12)6-13-10-5-15-16(8-10)9(2)3/h5,7-9,13H,4,6H2,1-3H3. The van der Waals surface area contributed by atoms with Gasteiger partial charge in [-0.15, -0.1) is 11.3 Å². The molecule has 0 fully saturated rings. The van der Waals surface area contributed by atoms with E-state index in [0.717, 1.165) is 18.7 Å². The van der Waals surface area contributed by atoms with E-state index in [9.17, 15) is 0 Å². The van der Waals surface area contributed by atoms with Crippen LogP contribution in [0.4, 0.5) is 5.69 Å². The SMILES string of the molecule is CCc1ncc(CNc2cnn(C(C)C)c2)s1. The summed E-state index contributed by atoms with van der Waals surface area (Å²) in [5.74, 6) is 0. The molecule has 2 rings (SSSR count). The van der Waals surface area contributed by atoms with E-state index < -0.39 is 0 Å². The molecule has 0 aliphatic heterocycles. The van der Waals surface area contributed by atoms with Gasteiger partial charge < -0.3 is 5.32 Å². The zero-order valence-corrected chi connectivity index (χ0v) is 11.3. The van der Waals surface area contributed by atoms with Gasteiger partial charge in [-0.3, -0.25) is 4.68 Å². The van der Waals surface area contributed by atoms with Crippen molar-refractivity contribution in [3.8, 4) is 0 Å². The van der Waals surface area contributed by atoms with E-state index in [1.54, 1.807) is 11.3 Å². The van der Waals surface area contributed by atoms with E-state index in [4.69, 9.17) is 0 Å². The van der Waals surface area contributed by atoms with Crippen LogP contribution in [0.15, 0.2) is 18.6 Å². The summed E-state index contributed by atoms with van der Waals surface area (Å²) in [6, 6.07) is 0.403. The number of nitrogens with one attached hydrogen (secondary N) is 1. The van der Waals surface area contributed by atoms with Crippen molar-refractivity contribution >= 4 is 17.0 Å². The summed E-state index contributed by atoms with van der Waals surface area (Å²) >= 11 is 1.76. The molecule has 2 aromatic rings. The molecule has 2 aromatic heterocycles. The van der Waals surface area contributed by atoms with Crippen LogP contribution in [0.25, 0.3) is 0 Å². The molecule has 5 heteroatoms. The zero-order valence-electron chi connectivity index (χ0n) is 10.5. The van der Waals surface area contributed by atoms with Crippen molar-refractivity contribution in [2.45, 2.75) is 39.8 Å². The highest BCUT2D eigenvalue weighted by molar-refractivity contribution is 7.11.